The molecule has 0 aliphatic carbocycles. The number of unbranched alkanes of at least 4 members (excludes halogenated alkanes) is 3. The highest BCUT2D eigenvalue weighted by Gasteiger charge is 2.31. The van der Waals surface area contributed by atoms with Crippen LogP contribution in [-0.4, -0.2) is 31.3 Å². The van der Waals surface area contributed by atoms with E-state index in [4.69, 9.17) is 9.47 Å². The minimum absolute atomic E-state index is 0.00954. The maximum Gasteiger partial charge on any atom is 0.296 e. The Bertz CT molecular complexity index is 1340. The van der Waals surface area contributed by atoms with Gasteiger partial charge in [-0.25, -0.2) is 0 Å². The molecule has 4 rings (SSSR count). The predicted molar refractivity (Wildman–Crippen MR) is 152 cm³/mol. The van der Waals surface area contributed by atoms with Crippen LogP contribution in [-0.2, 0) is 23.7 Å². The highest BCUT2D eigenvalue weighted by molar-refractivity contribution is 5.87. The zero-order valence-corrected chi connectivity index (χ0v) is 22.1. The van der Waals surface area contributed by atoms with Gasteiger partial charge in [0.2, 0.25) is 5.56 Å². The number of nitrogens with one attached hydrogen (secondary N) is 2. The molecule has 0 radical (unpaired) electrons. The van der Waals surface area contributed by atoms with Gasteiger partial charge in [-0.15, -0.1) is 0 Å². The Balaban J connectivity index is 1.13. The summed E-state index contributed by atoms with van der Waals surface area (Å²) in [6.45, 7) is 1.90. The minimum Gasteiger partial charge on any atom is -0.487 e. The van der Waals surface area contributed by atoms with Crippen molar-refractivity contribution in [2.75, 3.05) is 26.3 Å². The molecule has 1 heterocycles. The van der Waals surface area contributed by atoms with Crippen molar-refractivity contribution < 1.29 is 18.3 Å². The monoisotopic (exact) mass is 534 g/mol. The van der Waals surface area contributed by atoms with Gasteiger partial charge in [-0.1, -0.05) is 79.6 Å². The number of halogens is 2. The molecule has 7 heteroatoms. The lowest BCUT2D eigenvalue weighted by atomic mass is 10.0. The van der Waals surface area contributed by atoms with Crippen LogP contribution < -0.4 is 15.6 Å². The smallest absolute Gasteiger partial charge is 0.296 e. The number of alkyl halides is 2. The van der Waals surface area contributed by atoms with E-state index < -0.39 is 12.5 Å². The third-order valence-corrected chi connectivity index (χ3v) is 6.63. The Labute approximate surface area is 228 Å². The van der Waals surface area contributed by atoms with E-state index in [2.05, 4.69) is 16.4 Å². The van der Waals surface area contributed by atoms with Crippen molar-refractivity contribution >= 4 is 10.9 Å². The van der Waals surface area contributed by atoms with Gasteiger partial charge in [-0.3, -0.25) is 4.79 Å². The van der Waals surface area contributed by atoms with Crippen LogP contribution in [0.2, 0.25) is 0 Å². The van der Waals surface area contributed by atoms with Crippen LogP contribution in [0.25, 0.3) is 10.9 Å². The fourth-order valence-electron chi connectivity index (χ4n) is 4.48. The third kappa shape index (κ3) is 8.73. The number of ether oxygens (including phenoxy) is 2. The third-order valence-electron chi connectivity index (χ3n) is 6.63. The summed E-state index contributed by atoms with van der Waals surface area (Å²) in [6, 6.07) is 25.1. The summed E-state index contributed by atoms with van der Waals surface area (Å²) in [5.74, 6) is -2.29. The normalized spacial score (nSPS) is 11.6. The molecule has 0 amide bonds. The summed E-state index contributed by atoms with van der Waals surface area (Å²) in [6.07, 6.45) is 4.57. The van der Waals surface area contributed by atoms with E-state index in [0.717, 1.165) is 67.2 Å². The molecule has 39 heavy (non-hydrogen) atoms. The average Bonchev–Trinajstić information content (AvgIpc) is 2.96. The number of hydrogen-bond donors (Lipinski definition) is 2. The molecule has 0 saturated carbocycles. The Morgan fingerprint density at radius 2 is 1.54 bits per heavy atom. The fourth-order valence-corrected chi connectivity index (χ4v) is 4.48. The van der Waals surface area contributed by atoms with Gasteiger partial charge in [0.15, 0.2) is 0 Å². The molecular formula is C32H36F2N2O3. The lowest BCUT2D eigenvalue weighted by molar-refractivity contribution is -0.0831. The van der Waals surface area contributed by atoms with Crippen molar-refractivity contribution in [2.24, 2.45) is 0 Å². The SMILES string of the molecule is O=c1ccc2c(CCNCCCCCCOCC(F)(F)c3ccccc3)ccc(OCc3ccccc3)c2[nH]1. The number of aromatic nitrogens is 1. The average molecular weight is 535 g/mol. The topological polar surface area (TPSA) is 63.4 Å². The first-order chi connectivity index (χ1) is 19.0. The van der Waals surface area contributed by atoms with Gasteiger partial charge in [0.05, 0.1) is 5.52 Å². The van der Waals surface area contributed by atoms with E-state index in [0.29, 0.717) is 19.0 Å². The molecule has 3 aromatic carbocycles. The first-order valence-corrected chi connectivity index (χ1v) is 13.6. The highest BCUT2D eigenvalue weighted by Crippen LogP contribution is 2.28. The van der Waals surface area contributed by atoms with Gasteiger partial charge < -0.3 is 19.8 Å². The molecule has 0 atom stereocenters. The Morgan fingerprint density at radius 3 is 2.33 bits per heavy atom. The van der Waals surface area contributed by atoms with Crippen molar-refractivity contribution in [2.45, 2.75) is 44.6 Å². The summed E-state index contributed by atoms with van der Waals surface area (Å²) in [4.78, 5) is 14.9. The number of hydrogen-bond acceptors (Lipinski definition) is 4. The lowest BCUT2D eigenvalue weighted by Gasteiger charge is -2.16. The second-order valence-electron chi connectivity index (χ2n) is 9.65. The predicted octanol–water partition coefficient (Wildman–Crippen LogP) is 6.61. The molecule has 1 aromatic heterocycles. The van der Waals surface area contributed by atoms with Crippen LogP contribution in [0, 0.1) is 0 Å². The summed E-state index contributed by atoms with van der Waals surface area (Å²) in [5.41, 5.74) is 2.77. The molecule has 0 fully saturated rings. The lowest BCUT2D eigenvalue weighted by Crippen LogP contribution is -2.21. The van der Waals surface area contributed by atoms with E-state index in [-0.39, 0.29) is 11.1 Å². The van der Waals surface area contributed by atoms with E-state index in [1.54, 1.807) is 24.3 Å². The molecule has 0 unspecified atom stereocenters. The van der Waals surface area contributed by atoms with E-state index in [9.17, 15) is 13.6 Å². The van der Waals surface area contributed by atoms with Gasteiger partial charge in [-0.2, -0.15) is 8.78 Å². The molecule has 0 saturated heterocycles. The summed E-state index contributed by atoms with van der Waals surface area (Å²) >= 11 is 0. The molecule has 0 aliphatic heterocycles. The number of rotatable bonds is 16. The first kappa shape index (κ1) is 28.5. The van der Waals surface area contributed by atoms with E-state index in [1.807, 2.05) is 42.5 Å². The van der Waals surface area contributed by atoms with Gasteiger partial charge in [0.1, 0.15) is 19.0 Å². The largest absolute Gasteiger partial charge is 0.487 e. The van der Waals surface area contributed by atoms with Crippen molar-refractivity contribution in [3.05, 3.63) is 112 Å². The van der Waals surface area contributed by atoms with Crippen LogP contribution in [0.15, 0.2) is 89.7 Å². The molecule has 0 spiro atoms. The van der Waals surface area contributed by atoms with Crippen LogP contribution in [0.5, 0.6) is 5.75 Å². The molecule has 4 aromatic rings. The van der Waals surface area contributed by atoms with Crippen molar-refractivity contribution in [1.29, 1.82) is 0 Å². The van der Waals surface area contributed by atoms with Crippen LogP contribution >= 0.6 is 0 Å². The minimum atomic E-state index is -2.96. The van der Waals surface area contributed by atoms with Crippen molar-refractivity contribution in [3.8, 4) is 5.75 Å². The zero-order chi connectivity index (χ0) is 27.3. The quantitative estimate of drug-likeness (QED) is 0.159. The maximum atomic E-state index is 14.1. The second kappa shape index (κ2) is 14.6. The van der Waals surface area contributed by atoms with Crippen LogP contribution in [0.4, 0.5) is 8.78 Å². The standard InChI is InChI=1S/C32H36F2N2O3/c33-32(34,27-13-7-4-8-14-27)24-38-22-10-2-1-9-20-35-21-19-26-15-17-29(31-28(26)16-18-30(37)36-31)39-23-25-11-5-3-6-12-25/h3-8,11-18,35H,1-2,9-10,19-24H2,(H,36,37). The van der Waals surface area contributed by atoms with Crippen molar-refractivity contribution in [3.63, 3.8) is 0 Å². The van der Waals surface area contributed by atoms with E-state index in [1.165, 1.54) is 12.1 Å². The molecule has 2 N–H and O–H groups in total. The molecule has 206 valence electrons. The number of benzene rings is 3. The summed E-state index contributed by atoms with van der Waals surface area (Å²) in [7, 11) is 0. The van der Waals surface area contributed by atoms with Crippen molar-refractivity contribution in [1.82, 2.24) is 10.3 Å². The van der Waals surface area contributed by atoms with E-state index >= 15 is 0 Å². The molecule has 0 bridgehead atoms. The first-order valence-electron chi connectivity index (χ1n) is 13.6. The fraction of sp³-hybridized carbons (Fsp3) is 0.344. The molecular weight excluding hydrogens is 498 g/mol. The maximum absolute atomic E-state index is 14.1. The highest BCUT2D eigenvalue weighted by atomic mass is 19.3. The molecule has 0 aliphatic rings. The van der Waals surface area contributed by atoms with Gasteiger partial charge in [0, 0.05) is 23.6 Å². The van der Waals surface area contributed by atoms with Crippen LogP contribution in [0.1, 0.15) is 42.4 Å². The Kier molecular flexibility index (Phi) is 10.6. The van der Waals surface area contributed by atoms with Crippen LogP contribution in [0.3, 0.4) is 0 Å². The number of H-pyrrole nitrogens is 1. The van der Waals surface area contributed by atoms with Gasteiger partial charge in [-0.05, 0) is 55.6 Å². The Morgan fingerprint density at radius 1 is 0.795 bits per heavy atom. The zero-order valence-electron chi connectivity index (χ0n) is 22.1. The summed E-state index contributed by atoms with van der Waals surface area (Å²) < 4.78 is 39.5. The Hall–Kier alpha value is -3.55. The molecule has 5 nitrogen and oxygen atoms in total. The van der Waals surface area contributed by atoms with Gasteiger partial charge >= 0.3 is 0 Å². The summed E-state index contributed by atoms with van der Waals surface area (Å²) in [5, 5.41) is 4.46. The number of fused-ring (bicyclic) bond motifs is 1. The number of aromatic amines is 1. The van der Waals surface area contributed by atoms with Gasteiger partial charge in [0.25, 0.3) is 5.92 Å². The number of pyridine rings is 1. The second-order valence-corrected chi connectivity index (χ2v) is 9.65.